The molecule has 92 valence electrons. The summed E-state index contributed by atoms with van der Waals surface area (Å²) in [6, 6.07) is 1.33. The minimum atomic E-state index is -0.509. The largest absolute Gasteiger partial charge is 0.341 e. The van der Waals surface area contributed by atoms with Gasteiger partial charge in [-0.05, 0) is 6.42 Å². The lowest BCUT2D eigenvalue weighted by atomic mass is 10.1. The molecule has 1 unspecified atom stereocenters. The number of hydrogen-bond acceptors (Lipinski definition) is 5. The number of rotatable bonds is 4. The minimum absolute atomic E-state index is 0.0514. The van der Waals surface area contributed by atoms with Crippen LogP contribution in [0.5, 0.6) is 0 Å². The van der Waals surface area contributed by atoms with Gasteiger partial charge in [0.05, 0.1) is 18.7 Å². The number of piperazine rings is 1. The highest BCUT2D eigenvalue weighted by Gasteiger charge is 2.33. The molecule has 1 rings (SSSR count). The first kappa shape index (κ1) is 13.1. The molecule has 0 radical (unpaired) electrons. The van der Waals surface area contributed by atoms with Gasteiger partial charge in [0.2, 0.25) is 17.7 Å². The SMILES string of the molecule is CCC1NCC(=O)N(CC(=O)NCC#N)C1=O. The summed E-state index contributed by atoms with van der Waals surface area (Å²) in [4.78, 5) is 35.5. The van der Waals surface area contributed by atoms with Crippen LogP contribution < -0.4 is 10.6 Å². The molecule has 7 heteroatoms. The molecule has 1 heterocycles. The van der Waals surface area contributed by atoms with E-state index >= 15 is 0 Å². The van der Waals surface area contributed by atoms with Gasteiger partial charge in [-0.3, -0.25) is 24.6 Å². The fourth-order valence-electron chi connectivity index (χ4n) is 1.53. The van der Waals surface area contributed by atoms with Crippen molar-refractivity contribution in [1.29, 1.82) is 5.26 Å². The summed E-state index contributed by atoms with van der Waals surface area (Å²) < 4.78 is 0. The highest BCUT2D eigenvalue weighted by molar-refractivity contribution is 6.03. The second-order valence-electron chi connectivity index (χ2n) is 3.59. The standard InChI is InChI=1S/C10H14N4O3/c1-2-7-10(17)14(9(16)5-13-7)6-8(15)12-4-3-11/h7,13H,2,4-6H2,1H3,(H,12,15). The average Bonchev–Trinajstić information content (AvgIpc) is 2.32. The summed E-state index contributed by atoms with van der Waals surface area (Å²) in [5.41, 5.74) is 0. The number of carbonyl (C=O) groups excluding carboxylic acids is 3. The van der Waals surface area contributed by atoms with Crippen molar-refractivity contribution in [2.24, 2.45) is 0 Å². The maximum absolute atomic E-state index is 11.8. The van der Waals surface area contributed by atoms with E-state index in [1.54, 1.807) is 6.07 Å². The lowest BCUT2D eigenvalue weighted by Gasteiger charge is -2.30. The number of nitrogens with zero attached hydrogens (tertiary/aromatic N) is 2. The lowest BCUT2D eigenvalue weighted by molar-refractivity contribution is -0.151. The summed E-state index contributed by atoms with van der Waals surface area (Å²) in [5, 5.41) is 13.4. The molecule has 0 aromatic carbocycles. The molecule has 17 heavy (non-hydrogen) atoms. The molecule has 0 aromatic heterocycles. The quantitative estimate of drug-likeness (QED) is 0.452. The highest BCUT2D eigenvalue weighted by atomic mass is 16.2. The van der Waals surface area contributed by atoms with E-state index in [1.165, 1.54) is 0 Å². The van der Waals surface area contributed by atoms with Crippen molar-refractivity contribution >= 4 is 17.7 Å². The van der Waals surface area contributed by atoms with Crippen LogP contribution in [-0.4, -0.2) is 48.3 Å². The van der Waals surface area contributed by atoms with Crippen LogP contribution in [0.15, 0.2) is 0 Å². The second kappa shape index (κ2) is 5.96. The summed E-state index contributed by atoms with van der Waals surface area (Å²) in [7, 11) is 0. The van der Waals surface area contributed by atoms with Gasteiger partial charge in [0.25, 0.3) is 0 Å². The van der Waals surface area contributed by atoms with Crippen LogP contribution in [0.25, 0.3) is 0 Å². The lowest BCUT2D eigenvalue weighted by Crippen LogP contribution is -2.59. The van der Waals surface area contributed by atoms with Crippen LogP contribution in [-0.2, 0) is 14.4 Å². The highest BCUT2D eigenvalue weighted by Crippen LogP contribution is 2.05. The van der Waals surface area contributed by atoms with E-state index in [9.17, 15) is 14.4 Å². The van der Waals surface area contributed by atoms with E-state index in [2.05, 4.69) is 10.6 Å². The van der Waals surface area contributed by atoms with Gasteiger partial charge >= 0.3 is 0 Å². The monoisotopic (exact) mass is 238 g/mol. The molecule has 7 nitrogen and oxygen atoms in total. The Morgan fingerprint density at radius 2 is 2.35 bits per heavy atom. The normalized spacial score (nSPS) is 20.0. The van der Waals surface area contributed by atoms with Crippen LogP contribution in [0.4, 0.5) is 0 Å². The van der Waals surface area contributed by atoms with E-state index in [0.717, 1.165) is 4.90 Å². The Morgan fingerprint density at radius 1 is 1.65 bits per heavy atom. The third-order valence-corrected chi connectivity index (χ3v) is 2.44. The van der Waals surface area contributed by atoms with E-state index in [4.69, 9.17) is 5.26 Å². The molecule has 2 N–H and O–H groups in total. The Balaban J connectivity index is 2.61. The smallest absolute Gasteiger partial charge is 0.246 e. The second-order valence-corrected chi connectivity index (χ2v) is 3.59. The fourth-order valence-corrected chi connectivity index (χ4v) is 1.53. The van der Waals surface area contributed by atoms with Crippen LogP contribution in [0.1, 0.15) is 13.3 Å². The molecule has 0 saturated carbocycles. The van der Waals surface area contributed by atoms with Crippen molar-refractivity contribution in [2.75, 3.05) is 19.6 Å². The van der Waals surface area contributed by atoms with Crippen molar-refractivity contribution in [3.63, 3.8) is 0 Å². The zero-order chi connectivity index (χ0) is 12.8. The summed E-state index contributed by atoms with van der Waals surface area (Å²) in [6.07, 6.45) is 0.558. The molecule has 0 bridgehead atoms. The van der Waals surface area contributed by atoms with Crippen molar-refractivity contribution in [3.05, 3.63) is 0 Å². The van der Waals surface area contributed by atoms with Gasteiger partial charge in [0, 0.05) is 0 Å². The zero-order valence-electron chi connectivity index (χ0n) is 9.52. The molecule has 0 aromatic rings. The van der Waals surface area contributed by atoms with Crippen molar-refractivity contribution in [3.8, 4) is 6.07 Å². The Morgan fingerprint density at radius 3 is 2.94 bits per heavy atom. The average molecular weight is 238 g/mol. The van der Waals surface area contributed by atoms with Gasteiger partial charge in [-0.2, -0.15) is 5.26 Å². The Kier molecular flexibility index (Phi) is 4.60. The predicted molar refractivity (Wildman–Crippen MR) is 57.4 cm³/mol. The van der Waals surface area contributed by atoms with E-state index in [-0.39, 0.29) is 19.6 Å². The van der Waals surface area contributed by atoms with Crippen molar-refractivity contribution in [1.82, 2.24) is 15.5 Å². The maximum Gasteiger partial charge on any atom is 0.246 e. The van der Waals surface area contributed by atoms with Crippen molar-refractivity contribution < 1.29 is 14.4 Å². The maximum atomic E-state index is 11.8. The first-order valence-corrected chi connectivity index (χ1v) is 5.31. The number of imide groups is 1. The minimum Gasteiger partial charge on any atom is -0.341 e. The number of amides is 3. The van der Waals surface area contributed by atoms with Gasteiger partial charge in [0.1, 0.15) is 13.1 Å². The molecular formula is C10H14N4O3. The molecule has 1 aliphatic heterocycles. The molecule has 1 saturated heterocycles. The molecule has 1 fully saturated rings. The first-order chi connectivity index (χ1) is 8.10. The number of nitrogens with one attached hydrogen (secondary N) is 2. The summed E-state index contributed by atoms with van der Waals surface area (Å²) in [5.74, 6) is -1.33. The Bertz CT molecular complexity index is 374. The Hall–Kier alpha value is -1.94. The molecule has 1 aliphatic rings. The van der Waals surface area contributed by atoms with E-state index in [1.807, 2.05) is 6.92 Å². The van der Waals surface area contributed by atoms with E-state index < -0.39 is 23.8 Å². The molecule has 1 atom stereocenters. The third kappa shape index (κ3) is 3.26. The topological polar surface area (TPSA) is 102 Å². The van der Waals surface area contributed by atoms with Gasteiger partial charge < -0.3 is 5.32 Å². The van der Waals surface area contributed by atoms with Gasteiger partial charge in [-0.1, -0.05) is 6.92 Å². The van der Waals surface area contributed by atoms with Crippen LogP contribution >= 0.6 is 0 Å². The number of carbonyl (C=O) groups is 3. The molecular weight excluding hydrogens is 224 g/mol. The van der Waals surface area contributed by atoms with E-state index in [0.29, 0.717) is 6.42 Å². The first-order valence-electron chi connectivity index (χ1n) is 5.31. The fraction of sp³-hybridized carbons (Fsp3) is 0.600. The van der Waals surface area contributed by atoms with Crippen LogP contribution in [0, 0.1) is 11.3 Å². The van der Waals surface area contributed by atoms with Crippen LogP contribution in [0.3, 0.4) is 0 Å². The van der Waals surface area contributed by atoms with Gasteiger partial charge in [-0.25, -0.2) is 0 Å². The predicted octanol–water partition coefficient (Wildman–Crippen LogP) is -1.64. The molecule has 0 spiro atoms. The van der Waals surface area contributed by atoms with Crippen molar-refractivity contribution in [2.45, 2.75) is 19.4 Å². The van der Waals surface area contributed by atoms with Gasteiger partial charge in [-0.15, -0.1) is 0 Å². The van der Waals surface area contributed by atoms with Gasteiger partial charge in [0.15, 0.2) is 0 Å². The number of nitriles is 1. The Labute approximate surface area is 98.8 Å². The zero-order valence-corrected chi connectivity index (χ0v) is 9.52. The molecule has 0 aliphatic carbocycles. The number of hydrogen-bond donors (Lipinski definition) is 2. The third-order valence-electron chi connectivity index (χ3n) is 2.44. The summed E-state index contributed by atoms with van der Waals surface area (Å²) in [6.45, 7) is 1.41. The summed E-state index contributed by atoms with van der Waals surface area (Å²) >= 11 is 0. The molecule has 3 amide bonds. The van der Waals surface area contributed by atoms with Crippen LogP contribution in [0.2, 0.25) is 0 Å².